The van der Waals surface area contributed by atoms with E-state index >= 15 is 0 Å². The van der Waals surface area contributed by atoms with Crippen molar-refractivity contribution >= 4 is 11.6 Å². The molecule has 3 rings (SSSR count). The molecule has 1 nitrogen and oxygen atoms in total. The van der Waals surface area contributed by atoms with E-state index in [0.717, 1.165) is 36.3 Å². The Morgan fingerprint density at radius 2 is 1.75 bits per heavy atom. The lowest BCUT2D eigenvalue weighted by molar-refractivity contribution is 0.481. The van der Waals surface area contributed by atoms with E-state index in [4.69, 9.17) is 16.3 Å². The van der Waals surface area contributed by atoms with Gasteiger partial charge in [0.15, 0.2) is 0 Å². The van der Waals surface area contributed by atoms with E-state index in [9.17, 15) is 4.39 Å². The van der Waals surface area contributed by atoms with E-state index in [1.165, 1.54) is 11.6 Å². The maximum absolute atomic E-state index is 13.5. The van der Waals surface area contributed by atoms with Gasteiger partial charge in [-0.25, -0.2) is 4.39 Å². The highest BCUT2D eigenvalue weighted by molar-refractivity contribution is 6.30. The monoisotopic (exact) mass is 394 g/mol. The summed E-state index contributed by atoms with van der Waals surface area (Å²) >= 11 is 5.97. The summed E-state index contributed by atoms with van der Waals surface area (Å²) in [5.74, 6) is 1.26. The number of aryl methyl sites for hydroxylation is 1. The smallest absolute Gasteiger partial charge is 0.141 e. The third-order valence-corrected chi connectivity index (χ3v) is 5.36. The summed E-state index contributed by atoms with van der Waals surface area (Å²) in [6, 6.07) is 22.8. The lowest BCUT2D eigenvalue weighted by Crippen LogP contribution is -2.19. The maximum Gasteiger partial charge on any atom is 0.141 e. The SMILES string of the molecule is C=CC(C)(CCCc1cccc(Oc2ccccc2)c1)c1ccc(F)c(Cl)c1. The molecule has 28 heavy (non-hydrogen) atoms. The van der Waals surface area contributed by atoms with Gasteiger partial charge in [0.2, 0.25) is 0 Å². The molecule has 0 aliphatic heterocycles. The molecule has 0 saturated heterocycles. The number of allylic oxidation sites excluding steroid dienone is 1. The third kappa shape index (κ3) is 5.02. The molecule has 0 amide bonds. The van der Waals surface area contributed by atoms with Crippen LogP contribution in [-0.4, -0.2) is 0 Å². The highest BCUT2D eigenvalue weighted by atomic mass is 35.5. The van der Waals surface area contributed by atoms with Gasteiger partial charge in [-0.1, -0.05) is 61.0 Å². The quantitative estimate of drug-likeness (QED) is 0.355. The molecule has 3 heteroatoms. The molecule has 0 radical (unpaired) electrons. The van der Waals surface area contributed by atoms with Crippen LogP contribution in [-0.2, 0) is 11.8 Å². The van der Waals surface area contributed by atoms with Gasteiger partial charge in [0.1, 0.15) is 17.3 Å². The van der Waals surface area contributed by atoms with Gasteiger partial charge in [0, 0.05) is 5.41 Å². The second-order valence-electron chi connectivity index (χ2n) is 7.17. The van der Waals surface area contributed by atoms with Crippen LogP contribution in [0.2, 0.25) is 5.02 Å². The standard InChI is InChI=1S/C25H24ClFO/c1-3-25(2,20-14-15-24(27)23(26)18-20)16-8-10-19-9-7-13-22(17-19)28-21-11-5-4-6-12-21/h3-7,9,11-15,17-18H,1,8,10,16H2,2H3. The Hall–Kier alpha value is -2.58. The molecule has 1 atom stereocenters. The van der Waals surface area contributed by atoms with Crippen LogP contribution in [0.5, 0.6) is 11.5 Å². The molecule has 3 aromatic carbocycles. The molecular weight excluding hydrogens is 371 g/mol. The van der Waals surface area contributed by atoms with Gasteiger partial charge in [-0.15, -0.1) is 6.58 Å². The van der Waals surface area contributed by atoms with Gasteiger partial charge >= 0.3 is 0 Å². The van der Waals surface area contributed by atoms with Crippen LogP contribution in [0, 0.1) is 5.82 Å². The number of hydrogen-bond donors (Lipinski definition) is 0. The number of halogens is 2. The molecule has 3 aromatic rings. The minimum atomic E-state index is -0.396. The fourth-order valence-electron chi connectivity index (χ4n) is 3.26. The van der Waals surface area contributed by atoms with Crippen LogP contribution in [0.4, 0.5) is 4.39 Å². The van der Waals surface area contributed by atoms with Crippen molar-refractivity contribution in [2.24, 2.45) is 0 Å². The Labute approximate surface area is 171 Å². The highest BCUT2D eigenvalue weighted by Crippen LogP contribution is 2.33. The van der Waals surface area contributed by atoms with Gasteiger partial charge in [-0.3, -0.25) is 0 Å². The summed E-state index contributed by atoms with van der Waals surface area (Å²) in [7, 11) is 0. The van der Waals surface area contributed by atoms with Crippen LogP contribution in [0.3, 0.4) is 0 Å². The highest BCUT2D eigenvalue weighted by Gasteiger charge is 2.23. The first-order chi connectivity index (χ1) is 13.5. The first-order valence-electron chi connectivity index (χ1n) is 9.41. The second kappa shape index (κ2) is 9.07. The predicted molar refractivity (Wildman–Crippen MR) is 115 cm³/mol. The van der Waals surface area contributed by atoms with Crippen molar-refractivity contribution in [1.82, 2.24) is 0 Å². The average Bonchev–Trinajstić information content (AvgIpc) is 2.71. The van der Waals surface area contributed by atoms with Gasteiger partial charge in [0.05, 0.1) is 5.02 Å². The van der Waals surface area contributed by atoms with Crippen LogP contribution >= 0.6 is 11.6 Å². The number of benzene rings is 3. The fraction of sp³-hybridized carbons (Fsp3) is 0.200. The van der Waals surface area contributed by atoms with Crippen LogP contribution in [0.25, 0.3) is 0 Å². The summed E-state index contributed by atoms with van der Waals surface area (Å²) in [6.45, 7) is 6.10. The Morgan fingerprint density at radius 1 is 1.00 bits per heavy atom. The lowest BCUT2D eigenvalue weighted by atomic mass is 9.78. The van der Waals surface area contributed by atoms with Crippen molar-refractivity contribution in [3.05, 3.63) is 107 Å². The molecular formula is C25H24ClFO. The van der Waals surface area contributed by atoms with E-state index in [-0.39, 0.29) is 10.4 Å². The van der Waals surface area contributed by atoms with Crippen molar-refractivity contribution in [2.45, 2.75) is 31.6 Å². The van der Waals surface area contributed by atoms with Crippen molar-refractivity contribution in [1.29, 1.82) is 0 Å². The zero-order valence-corrected chi connectivity index (χ0v) is 16.8. The molecule has 0 bridgehead atoms. The Morgan fingerprint density at radius 3 is 2.46 bits per heavy atom. The van der Waals surface area contributed by atoms with Crippen LogP contribution in [0.15, 0.2) is 85.5 Å². The minimum absolute atomic E-state index is 0.149. The van der Waals surface area contributed by atoms with Crippen LogP contribution < -0.4 is 4.74 Å². The summed E-state index contributed by atoms with van der Waals surface area (Å²) < 4.78 is 19.4. The number of rotatable bonds is 8. The summed E-state index contributed by atoms with van der Waals surface area (Å²) in [5, 5.41) is 0.149. The molecule has 0 N–H and O–H groups in total. The molecule has 0 spiro atoms. The van der Waals surface area contributed by atoms with Gasteiger partial charge in [-0.2, -0.15) is 0 Å². The largest absolute Gasteiger partial charge is 0.457 e. The molecule has 0 fully saturated rings. The first-order valence-corrected chi connectivity index (χ1v) is 9.79. The summed E-state index contributed by atoms with van der Waals surface area (Å²) in [6.07, 6.45) is 4.70. The van der Waals surface area contributed by atoms with Crippen LogP contribution in [0.1, 0.15) is 30.9 Å². The molecule has 0 aliphatic rings. The van der Waals surface area contributed by atoms with E-state index in [0.29, 0.717) is 0 Å². The second-order valence-corrected chi connectivity index (χ2v) is 7.57. The van der Waals surface area contributed by atoms with Crippen molar-refractivity contribution in [3.63, 3.8) is 0 Å². The zero-order valence-electron chi connectivity index (χ0n) is 16.0. The zero-order chi connectivity index (χ0) is 20.0. The molecule has 144 valence electrons. The minimum Gasteiger partial charge on any atom is -0.457 e. The fourth-order valence-corrected chi connectivity index (χ4v) is 3.45. The van der Waals surface area contributed by atoms with Crippen molar-refractivity contribution in [2.75, 3.05) is 0 Å². The number of para-hydroxylation sites is 1. The van der Waals surface area contributed by atoms with E-state index in [2.05, 4.69) is 25.6 Å². The summed E-state index contributed by atoms with van der Waals surface area (Å²) in [5.41, 5.74) is 1.95. The number of hydrogen-bond acceptors (Lipinski definition) is 1. The molecule has 0 saturated carbocycles. The normalized spacial score (nSPS) is 13.0. The predicted octanol–water partition coefficient (Wildman–Crippen LogP) is 7.74. The van der Waals surface area contributed by atoms with Gasteiger partial charge < -0.3 is 4.74 Å². The lowest BCUT2D eigenvalue weighted by Gasteiger charge is -2.27. The van der Waals surface area contributed by atoms with E-state index in [1.807, 2.05) is 48.5 Å². The van der Waals surface area contributed by atoms with Crippen molar-refractivity contribution in [3.8, 4) is 11.5 Å². The number of ether oxygens (including phenoxy) is 1. The molecule has 0 aromatic heterocycles. The van der Waals surface area contributed by atoms with Gasteiger partial charge in [-0.05, 0) is 66.8 Å². The Kier molecular flexibility index (Phi) is 6.53. The molecule has 1 unspecified atom stereocenters. The van der Waals surface area contributed by atoms with Crippen molar-refractivity contribution < 1.29 is 9.13 Å². The maximum atomic E-state index is 13.5. The average molecular weight is 395 g/mol. The molecule has 0 aliphatic carbocycles. The topological polar surface area (TPSA) is 9.23 Å². The van der Waals surface area contributed by atoms with E-state index < -0.39 is 5.82 Å². The Balaban J connectivity index is 1.64. The third-order valence-electron chi connectivity index (χ3n) is 5.07. The molecule has 0 heterocycles. The summed E-state index contributed by atoms with van der Waals surface area (Å²) in [4.78, 5) is 0. The first kappa shape index (κ1) is 20.2. The Bertz CT molecular complexity index is 938. The van der Waals surface area contributed by atoms with Gasteiger partial charge in [0.25, 0.3) is 0 Å². The van der Waals surface area contributed by atoms with E-state index in [1.54, 1.807) is 12.1 Å².